The lowest BCUT2D eigenvalue weighted by Crippen LogP contribution is -1.92. The molecule has 0 spiro atoms. The maximum atomic E-state index is 13.7. The van der Waals surface area contributed by atoms with Crippen LogP contribution in [-0.2, 0) is 0 Å². The maximum absolute atomic E-state index is 13.7. The summed E-state index contributed by atoms with van der Waals surface area (Å²) in [6.07, 6.45) is 0.655. The molecule has 0 aromatic heterocycles. The van der Waals surface area contributed by atoms with Gasteiger partial charge in [0.15, 0.2) is 0 Å². The molecule has 2 aromatic carbocycles. The molecule has 92 valence electrons. The first-order valence-corrected chi connectivity index (χ1v) is 5.61. The van der Waals surface area contributed by atoms with Gasteiger partial charge in [-0.05, 0) is 24.6 Å². The summed E-state index contributed by atoms with van der Waals surface area (Å²) in [5.74, 6) is -1.28. The predicted molar refractivity (Wildman–Crippen MR) is 66.9 cm³/mol. The number of aldehydes is 1. The first-order chi connectivity index (χ1) is 8.52. The second-order valence-electron chi connectivity index (χ2n) is 3.94. The Labute approximate surface area is 108 Å². The van der Waals surface area contributed by atoms with Crippen molar-refractivity contribution < 1.29 is 13.6 Å². The lowest BCUT2D eigenvalue weighted by Gasteiger charge is -2.08. The zero-order valence-corrected chi connectivity index (χ0v) is 10.3. The third-order valence-corrected chi connectivity index (χ3v) is 2.98. The number of hydrogen-bond donors (Lipinski definition) is 0. The highest BCUT2D eigenvalue weighted by atomic mass is 35.5. The van der Waals surface area contributed by atoms with E-state index in [9.17, 15) is 13.6 Å². The van der Waals surface area contributed by atoms with Gasteiger partial charge in [0.05, 0.1) is 0 Å². The van der Waals surface area contributed by atoms with Gasteiger partial charge in [-0.15, -0.1) is 0 Å². The molecular weight excluding hydrogens is 258 g/mol. The number of aryl methyl sites for hydroxylation is 1. The van der Waals surface area contributed by atoms with Crippen LogP contribution in [0.3, 0.4) is 0 Å². The normalized spacial score (nSPS) is 10.4. The van der Waals surface area contributed by atoms with Crippen LogP contribution in [0.1, 0.15) is 15.9 Å². The third kappa shape index (κ3) is 2.27. The molecule has 1 nitrogen and oxygen atoms in total. The van der Waals surface area contributed by atoms with Gasteiger partial charge >= 0.3 is 0 Å². The number of rotatable bonds is 2. The fourth-order valence-corrected chi connectivity index (χ4v) is 1.98. The van der Waals surface area contributed by atoms with Crippen molar-refractivity contribution in [3.05, 3.63) is 58.1 Å². The number of carbonyl (C=O) groups excluding carboxylic acids is 1. The monoisotopic (exact) mass is 266 g/mol. The molecule has 0 unspecified atom stereocenters. The van der Waals surface area contributed by atoms with Crippen molar-refractivity contribution in [1.82, 2.24) is 0 Å². The van der Waals surface area contributed by atoms with E-state index in [2.05, 4.69) is 0 Å². The fraction of sp³-hybridized carbons (Fsp3) is 0.0714. The lowest BCUT2D eigenvalue weighted by molar-refractivity contribution is 0.112. The average Bonchev–Trinajstić information content (AvgIpc) is 2.34. The first-order valence-electron chi connectivity index (χ1n) is 5.23. The zero-order valence-electron chi connectivity index (χ0n) is 9.51. The molecule has 2 rings (SSSR count). The second kappa shape index (κ2) is 4.86. The molecule has 0 fully saturated rings. The molecule has 0 N–H and O–H groups in total. The van der Waals surface area contributed by atoms with E-state index in [1.807, 2.05) is 0 Å². The Hall–Kier alpha value is -1.74. The van der Waals surface area contributed by atoms with Crippen LogP contribution in [-0.4, -0.2) is 6.29 Å². The topological polar surface area (TPSA) is 17.1 Å². The molecule has 0 amide bonds. The molecule has 4 heteroatoms. The minimum Gasteiger partial charge on any atom is -0.298 e. The highest BCUT2D eigenvalue weighted by Gasteiger charge is 2.12. The molecule has 0 radical (unpaired) electrons. The Kier molecular flexibility index (Phi) is 3.43. The van der Waals surface area contributed by atoms with Gasteiger partial charge < -0.3 is 0 Å². The van der Waals surface area contributed by atoms with Crippen molar-refractivity contribution >= 4 is 17.9 Å². The van der Waals surface area contributed by atoms with E-state index in [1.54, 1.807) is 13.0 Å². The molecular formula is C14H9ClF2O. The summed E-state index contributed by atoms with van der Waals surface area (Å²) in [4.78, 5) is 10.6. The van der Waals surface area contributed by atoms with Crippen molar-refractivity contribution in [1.29, 1.82) is 0 Å². The molecule has 0 atom stereocenters. The van der Waals surface area contributed by atoms with Gasteiger partial charge in [-0.1, -0.05) is 23.7 Å². The third-order valence-electron chi connectivity index (χ3n) is 2.67. The van der Waals surface area contributed by atoms with Gasteiger partial charge in [0.2, 0.25) is 0 Å². The Bertz CT molecular complexity index is 623. The van der Waals surface area contributed by atoms with E-state index in [1.165, 1.54) is 18.2 Å². The molecule has 0 heterocycles. The van der Waals surface area contributed by atoms with Crippen LogP contribution >= 0.6 is 11.6 Å². The molecule has 18 heavy (non-hydrogen) atoms. The molecule has 0 aliphatic carbocycles. The molecule has 0 aliphatic heterocycles. The van der Waals surface area contributed by atoms with Crippen LogP contribution in [0.15, 0.2) is 30.3 Å². The highest BCUT2D eigenvalue weighted by Crippen LogP contribution is 2.31. The van der Waals surface area contributed by atoms with E-state index in [0.29, 0.717) is 23.0 Å². The average molecular weight is 267 g/mol. The largest absolute Gasteiger partial charge is 0.298 e. The van der Waals surface area contributed by atoms with Gasteiger partial charge in [-0.25, -0.2) is 8.78 Å². The van der Waals surface area contributed by atoms with Crippen molar-refractivity contribution in [2.75, 3.05) is 0 Å². The first kappa shape index (κ1) is 12.7. The number of benzene rings is 2. The summed E-state index contributed by atoms with van der Waals surface area (Å²) < 4.78 is 26.9. The SMILES string of the molecule is Cc1cc(-c2ccc(C=O)cc2Cl)c(F)cc1F. The standard InChI is InChI=1S/C14H9ClF2O/c1-8-4-11(14(17)6-13(8)16)10-3-2-9(7-18)5-12(10)15/h2-7H,1H3. The van der Waals surface area contributed by atoms with Crippen LogP contribution < -0.4 is 0 Å². The summed E-state index contributed by atoms with van der Waals surface area (Å²) >= 11 is 5.99. The quantitative estimate of drug-likeness (QED) is 0.736. The molecule has 0 bridgehead atoms. The minimum absolute atomic E-state index is 0.219. The van der Waals surface area contributed by atoms with E-state index in [-0.39, 0.29) is 10.6 Å². The Balaban J connectivity index is 2.62. The lowest BCUT2D eigenvalue weighted by atomic mass is 10.0. The molecule has 2 aromatic rings. The second-order valence-corrected chi connectivity index (χ2v) is 4.35. The Morgan fingerprint density at radius 3 is 2.39 bits per heavy atom. The summed E-state index contributed by atoms with van der Waals surface area (Å²) in [6.45, 7) is 1.55. The van der Waals surface area contributed by atoms with Gasteiger partial charge in [0, 0.05) is 27.8 Å². The van der Waals surface area contributed by atoms with E-state index < -0.39 is 11.6 Å². The zero-order chi connectivity index (χ0) is 13.3. The van der Waals surface area contributed by atoms with Crippen LogP contribution in [0.25, 0.3) is 11.1 Å². The predicted octanol–water partition coefficient (Wildman–Crippen LogP) is 4.41. The summed E-state index contributed by atoms with van der Waals surface area (Å²) in [7, 11) is 0. The van der Waals surface area contributed by atoms with E-state index in [4.69, 9.17) is 11.6 Å². The van der Waals surface area contributed by atoms with Gasteiger partial charge in [-0.3, -0.25) is 4.79 Å². The van der Waals surface area contributed by atoms with Crippen molar-refractivity contribution in [2.24, 2.45) is 0 Å². The van der Waals surface area contributed by atoms with Crippen LogP contribution in [0.4, 0.5) is 8.78 Å². The van der Waals surface area contributed by atoms with Gasteiger partial charge in [0.25, 0.3) is 0 Å². The molecule has 0 saturated carbocycles. The molecule has 0 saturated heterocycles. The number of halogens is 3. The fourth-order valence-electron chi connectivity index (χ4n) is 1.69. The number of carbonyl (C=O) groups is 1. The summed E-state index contributed by atoms with van der Waals surface area (Å²) in [5.41, 5.74) is 1.39. The molecule has 0 aliphatic rings. The van der Waals surface area contributed by atoms with Gasteiger partial charge in [0.1, 0.15) is 17.9 Å². The van der Waals surface area contributed by atoms with Crippen LogP contribution in [0.2, 0.25) is 5.02 Å². The van der Waals surface area contributed by atoms with Crippen molar-refractivity contribution in [3.8, 4) is 11.1 Å². The maximum Gasteiger partial charge on any atom is 0.150 e. The van der Waals surface area contributed by atoms with Crippen molar-refractivity contribution in [2.45, 2.75) is 6.92 Å². The van der Waals surface area contributed by atoms with E-state index in [0.717, 1.165) is 6.07 Å². The van der Waals surface area contributed by atoms with Gasteiger partial charge in [-0.2, -0.15) is 0 Å². The van der Waals surface area contributed by atoms with Crippen LogP contribution in [0.5, 0.6) is 0 Å². The smallest absolute Gasteiger partial charge is 0.150 e. The van der Waals surface area contributed by atoms with E-state index >= 15 is 0 Å². The Morgan fingerprint density at radius 2 is 1.78 bits per heavy atom. The van der Waals surface area contributed by atoms with Crippen LogP contribution in [0, 0.1) is 18.6 Å². The Morgan fingerprint density at radius 1 is 1.06 bits per heavy atom. The van der Waals surface area contributed by atoms with Crippen molar-refractivity contribution in [3.63, 3.8) is 0 Å². The minimum atomic E-state index is -0.682. The summed E-state index contributed by atoms with van der Waals surface area (Å²) in [6, 6.07) is 6.75. The highest BCUT2D eigenvalue weighted by molar-refractivity contribution is 6.33. The number of hydrogen-bond acceptors (Lipinski definition) is 1. The summed E-state index contributed by atoms with van der Waals surface area (Å²) in [5, 5.41) is 0.254.